The smallest absolute Gasteiger partial charge is 0.269 e. The average molecular weight is 370 g/mol. The Bertz CT molecular complexity index is 954. The molecule has 3 aromatic heterocycles. The van der Waals surface area contributed by atoms with Gasteiger partial charge >= 0.3 is 0 Å². The number of carbonyl (C=O) groups is 1. The molecule has 0 saturated carbocycles. The number of hydrogen-bond donors (Lipinski definition) is 1. The summed E-state index contributed by atoms with van der Waals surface area (Å²) >= 11 is 1.70. The molecule has 1 fully saturated rings. The molecule has 136 valence electrons. The fraction of sp³-hybridized carbons (Fsp3) is 0.444. The summed E-state index contributed by atoms with van der Waals surface area (Å²) in [6.45, 7) is 5.72. The number of rotatable bonds is 3. The van der Waals surface area contributed by atoms with E-state index in [-0.39, 0.29) is 11.9 Å². The predicted molar refractivity (Wildman–Crippen MR) is 103 cm³/mol. The number of amides is 1. The van der Waals surface area contributed by atoms with Crippen molar-refractivity contribution in [1.29, 1.82) is 0 Å². The molecule has 0 spiro atoms. The lowest BCUT2D eigenvalue weighted by Crippen LogP contribution is -2.45. The predicted octanol–water partition coefficient (Wildman–Crippen LogP) is 2.44. The van der Waals surface area contributed by atoms with Gasteiger partial charge in [0.2, 0.25) is 0 Å². The van der Waals surface area contributed by atoms with E-state index in [0.29, 0.717) is 5.69 Å². The second-order valence-corrected chi connectivity index (χ2v) is 7.70. The molecule has 1 aliphatic heterocycles. The van der Waals surface area contributed by atoms with Crippen LogP contribution in [0.3, 0.4) is 0 Å². The van der Waals surface area contributed by atoms with Gasteiger partial charge in [0.1, 0.15) is 17.8 Å². The van der Waals surface area contributed by atoms with Crippen LogP contribution in [0, 0.1) is 13.8 Å². The van der Waals surface area contributed by atoms with Crippen molar-refractivity contribution in [2.75, 3.05) is 18.0 Å². The van der Waals surface area contributed by atoms with E-state index >= 15 is 0 Å². The Morgan fingerprint density at radius 1 is 1.27 bits per heavy atom. The van der Waals surface area contributed by atoms with Crippen LogP contribution in [-0.2, 0) is 7.05 Å². The summed E-state index contributed by atoms with van der Waals surface area (Å²) < 4.78 is 2.79. The minimum absolute atomic E-state index is 0.0511. The van der Waals surface area contributed by atoms with Crippen LogP contribution in [-0.4, -0.2) is 44.8 Å². The summed E-state index contributed by atoms with van der Waals surface area (Å²) in [7, 11) is 1.80. The summed E-state index contributed by atoms with van der Waals surface area (Å²) in [5.74, 6) is 0.963. The van der Waals surface area contributed by atoms with E-state index in [2.05, 4.69) is 37.6 Å². The molecular weight excluding hydrogens is 348 g/mol. The van der Waals surface area contributed by atoms with Crippen LogP contribution in [0.4, 0.5) is 5.82 Å². The lowest BCUT2D eigenvalue weighted by Gasteiger charge is -2.33. The molecule has 0 bridgehead atoms. The third kappa shape index (κ3) is 3.05. The molecule has 1 aliphatic rings. The zero-order valence-corrected chi connectivity index (χ0v) is 16.0. The van der Waals surface area contributed by atoms with Crippen LogP contribution in [0.1, 0.15) is 34.6 Å². The number of fused-ring (bicyclic) bond motifs is 1. The first-order chi connectivity index (χ1) is 12.5. The molecule has 0 aromatic carbocycles. The zero-order valence-electron chi connectivity index (χ0n) is 15.2. The number of hydrogen-bond acceptors (Lipinski definition) is 6. The first kappa shape index (κ1) is 17.0. The van der Waals surface area contributed by atoms with E-state index in [1.807, 2.05) is 13.0 Å². The molecule has 4 rings (SSSR count). The maximum absolute atomic E-state index is 12.5. The van der Waals surface area contributed by atoms with Gasteiger partial charge in [0.15, 0.2) is 0 Å². The van der Waals surface area contributed by atoms with Gasteiger partial charge in [0, 0.05) is 26.2 Å². The van der Waals surface area contributed by atoms with Crippen LogP contribution in [0.2, 0.25) is 0 Å². The fourth-order valence-electron chi connectivity index (χ4n) is 3.50. The molecule has 1 amide bonds. The first-order valence-electron chi connectivity index (χ1n) is 8.78. The van der Waals surface area contributed by atoms with Crippen LogP contribution in [0.15, 0.2) is 17.8 Å². The minimum atomic E-state index is -0.0511. The summed E-state index contributed by atoms with van der Waals surface area (Å²) in [5, 5.41) is 9.52. The van der Waals surface area contributed by atoms with Crippen molar-refractivity contribution in [3.8, 4) is 0 Å². The Morgan fingerprint density at radius 2 is 2.04 bits per heavy atom. The largest absolute Gasteiger partial charge is 0.355 e. The van der Waals surface area contributed by atoms with Gasteiger partial charge in [0.25, 0.3) is 5.91 Å². The Labute approximate surface area is 156 Å². The third-order valence-electron chi connectivity index (χ3n) is 4.88. The molecule has 0 radical (unpaired) electrons. The van der Waals surface area contributed by atoms with Crippen LogP contribution < -0.4 is 10.2 Å². The van der Waals surface area contributed by atoms with Crippen molar-refractivity contribution in [2.24, 2.45) is 7.05 Å². The number of nitrogens with one attached hydrogen (secondary N) is 1. The Kier molecular flexibility index (Phi) is 4.36. The van der Waals surface area contributed by atoms with Crippen molar-refractivity contribution in [1.82, 2.24) is 25.1 Å². The summed E-state index contributed by atoms with van der Waals surface area (Å²) in [4.78, 5) is 23.7. The van der Waals surface area contributed by atoms with Crippen molar-refractivity contribution < 1.29 is 4.79 Å². The molecule has 0 aliphatic carbocycles. The molecule has 1 saturated heterocycles. The SMILES string of the molecule is Cc1cc(C(=O)NC2CCN(c3ncnc4c(C)csc34)CC2)n(C)n1. The molecule has 26 heavy (non-hydrogen) atoms. The number of aryl methyl sites for hydroxylation is 3. The van der Waals surface area contributed by atoms with Gasteiger partial charge in [-0.3, -0.25) is 9.48 Å². The molecular formula is C18H22N6OS. The van der Waals surface area contributed by atoms with Gasteiger partial charge in [-0.05, 0) is 43.7 Å². The summed E-state index contributed by atoms with van der Waals surface area (Å²) in [5.41, 5.74) is 3.70. The van der Waals surface area contributed by atoms with Crippen LogP contribution in [0.5, 0.6) is 0 Å². The standard InChI is InChI=1S/C18H22N6OS/c1-11-9-26-16-15(11)19-10-20-17(16)24-6-4-13(5-7-24)21-18(25)14-8-12(2)22-23(14)3/h8-10,13H,4-7H2,1-3H3,(H,21,25). The van der Waals surface area contributed by atoms with Gasteiger partial charge in [-0.25, -0.2) is 9.97 Å². The second-order valence-electron chi connectivity index (χ2n) is 6.82. The van der Waals surface area contributed by atoms with E-state index < -0.39 is 0 Å². The number of carbonyl (C=O) groups excluding carboxylic acids is 1. The molecule has 4 heterocycles. The van der Waals surface area contributed by atoms with Gasteiger partial charge in [-0.1, -0.05) is 0 Å². The average Bonchev–Trinajstić information content (AvgIpc) is 3.18. The van der Waals surface area contributed by atoms with Gasteiger partial charge < -0.3 is 10.2 Å². The number of thiophene rings is 1. The van der Waals surface area contributed by atoms with E-state index in [0.717, 1.165) is 47.7 Å². The van der Waals surface area contributed by atoms with Gasteiger partial charge in [-0.2, -0.15) is 5.10 Å². The Balaban J connectivity index is 1.42. The van der Waals surface area contributed by atoms with Crippen LogP contribution in [0.25, 0.3) is 10.2 Å². The molecule has 3 aromatic rings. The van der Waals surface area contributed by atoms with E-state index in [1.54, 1.807) is 29.4 Å². The number of piperidine rings is 1. The Hall–Kier alpha value is -2.48. The molecule has 7 nitrogen and oxygen atoms in total. The highest BCUT2D eigenvalue weighted by atomic mass is 32.1. The molecule has 1 N–H and O–H groups in total. The molecule has 0 unspecified atom stereocenters. The number of nitrogens with zero attached hydrogens (tertiary/aromatic N) is 5. The third-order valence-corrected chi connectivity index (χ3v) is 5.96. The monoisotopic (exact) mass is 370 g/mol. The van der Waals surface area contributed by atoms with Gasteiger partial charge in [0.05, 0.1) is 15.9 Å². The van der Waals surface area contributed by atoms with Crippen molar-refractivity contribution in [3.05, 3.63) is 34.7 Å². The highest BCUT2D eigenvalue weighted by Crippen LogP contribution is 2.32. The van der Waals surface area contributed by atoms with Crippen molar-refractivity contribution >= 4 is 33.3 Å². The zero-order chi connectivity index (χ0) is 18.3. The van der Waals surface area contributed by atoms with E-state index in [9.17, 15) is 4.79 Å². The second kappa shape index (κ2) is 6.68. The maximum Gasteiger partial charge on any atom is 0.269 e. The van der Waals surface area contributed by atoms with Crippen molar-refractivity contribution in [3.63, 3.8) is 0 Å². The first-order valence-corrected chi connectivity index (χ1v) is 9.66. The van der Waals surface area contributed by atoms with Crippen LogP contribution >= 0.6 is 11.3 Å². The molecule has 8 heteroatoms. The van der Waals surface area contributed by atoms with Crippen molar-refractivity contribution in [2.45, 2.75) is 32.7 Å². The summed E-state index contributed by atoms with van der Waals surface area (Å²) in [6, 6.07) is 2.00. The number of aromatic nitrogens is 4. The fourth-order valence-corrected chi connectivity index (χ4v) is 4.52. The Morgan fingerprint density at radius 3 is 2.73 bits per heavy atom. The highest BCUT2D eigenvalue weighted by Gasteiger charge is 2.24. The van der Waals surface area contributed by atoms with Gasteiger partial charge in [-0.15, -0.1) is 11.3 Å². The summed E-state index contributed by atoms with van der Waals surface area (Å²) in [6.07, 6.45) is 3.45. The maximum atomic E-state index is 12.5. The minimum Gasteiger partial charge on any atom is -0.355 e. The lowest BCUT2D eigenvalue weighted by molar-refractivity contribution is 0.0921. The van der Waals surface area contributed by atoms with E-state index in [1.165, 1.54) is 5.56 Å². The topological polar surface area (TPSA) is 75.9 Å². The molecule has 0 atom stereocenters. The quantitative estimate of drug-likeness (QED) is 0.766. The lowest BCUT2D eigenvalue weighted by atomic mass is 10.0. The number of anilines is 1. The highest BCUT2D eigenvalue weighted by molar-refractivity contribution is 7.18. The normalized spacial score (nSPS) is 15.6. The van der Waals surface area contributed by atoms with E-state index in [4.69, 9.17) is 0 Å².